The molecule has 116 valence electrons. The number of rotatable bonds is 9. The predicted octanol–water partition coefficient (Wildman–Crippen LogP) is 4.23. The van der Waals surface area contributed by atoms with Gasteiger partial charge in [-0.1, -0.05) is 13.8 Å². The van der Waals surface area contributed by atoms with Gasteiger partial charge in [0, 0.05) is 24.7 Å². The first-order chi connectivity index (χ1) is 10.0. The average Bonchev–Trinajstić information content (AvgIpc) is 2.46. The highest BCUT2D eigenvalue weighted by Crippen LogP contribution is 2.31. The molecule has 0 aliphatic rings. The summed E-state index contributed by atoms with van der Waals surface area (Å²) in [6.45, 7) is 10.3. The molecule has 0 radical (unpaired) electrons. The van der Waals surface area contributed by atoms with Gasteiger partial charge in [-0.25, -0.2) is 0 Å². The molecule has 21 heavy (non-hydrogen) atoms. The fraction of sp³-hybridized carbons (Fsp3) is 0.588. The maximum atomic E-state index is 8.69. The summed E-state index contributed by atoms with van der Waals surface area (Å²) in [6.07, 6.45) is 1.47. The molecule has 0 aromatic heterocycles. The maximum Gasteiger partial charge on any atom is 0.163 e. The van der Waals surface area contributed by atoms with Crippen molar-refractivity contribution in [2.24, 2.45) is 5.41 Å². The van der Waals surface area contributed by atoms with Crippen molar-refractivity contribution in [1.82, 2.24) is 0 Å². The Labute approximate surface area is 128 Å². The first kappa shape index (κ1) is 17.2. The van der Waals surface area contributed by atoms with Gasteiger partial charge in [0.15, 0.2) is 11.5 Å². The molecule has 0 saturated heterocycles. The molecular weight excluding hydrogens is 264 g/mol. The third kappa shape index (κ3) is 5.95. The SMILES string of the molecule is CCOc1ccc(NCC(C)(C)CCC#N)cc1OCC. The van der Waals surface area contributed by atoms with E-state index in [1.165, 1.54) is 0 Å². The highest BCUT2D eigenvalue weighted by Gasteiger charge is 2.17. The minimum absolute atomic E-state index is 0.0834. The smallest absolute Gasteiger partial charge is 0.163 e. The largest absolute Gasteiger partial charge is 0.490 e. The van der Waals surface area contributed by atoms with Gasteiger partial charge in [-0.15, -0.1) is 0 Å². The summed E-state index contributed by atoms with van der Waals surface area (Å²) >= 11 is 0. The molecule has 0 spiro atoms. The zero-order chi connectivity index (χ0) is 15.7. The number of nitrogens with zero attached hydrogens (tertiary/aromatic N) is 1. The number of nitriles is 1. The summed E-state index contributed by atoms with van der Waals surface area (Å²) < 4.78 is 11.2. The molecule has 0 aliphatic heterocycles. The summed E-state index contributed by atoms with van der Waals surface area (Å²) in [5.74, 6) is 1.54. The van der Waals surface area contributed by atoms with Crippen LogP contribution in [0, 0.1) is 16.7 Å². The molecule has 1 aromatic rings. The summed E-state index contributed by atoms with van der Waals surface area (Å²) in [7, 11) is 0. The number of anilines is 1. The monoisotopic (exact) mass is 290 g/mol. The Bertz CT molecular complexity index is 478. The Morgan fingerprint density at radius 1 is 1.14 bits per heavy atom. The van der Waals surface area contributed by atoms with Crippen LogP contribution in [0.3, 0.4) is 0 Å². The summed E-state index contributed by atoms with van der Waals surface area (Å²) in [4.78, 5) is 0. The van der Waals surface area contributed by atoms with E-state index in [-0.39, 0.29) is 5.41 Å². The third-order valence-electron chi connectivity index (χ3n) is 3.23. The normalized spacial score (nSPS) is 10.8. The van der Waals surface area contributed by atoms with Crippen LogP contribution in [0.2, 0.25) is 0 Å². The Balaban J connectivity index is 2.71. The number of hydrogen-bond acceptors (Lipinski definition) is 4. The lowest BCUT2D eigenvalue weighted by Gasteiger charge is -2.24. The van der Waals surface area contributed by atoms with Gasteiger partial charge < -0.3 is 14.8 Å². The van der Waals surface area contributed by atoms with Gasteiger partial charge in [-0.2, -0.15) is 5.26 Å². The molecular formula is C17H26N2O2. The van der Waals surface area contributed by atoms with E-state index < -0.39 is 0 Å². The van der Waals surface area contributed by atoms with Crippen LogP contribution < -0.4 is 14.8 Å². The molecule has 0 saturated carbocycles. The molecule has 0 bridgehead atoms. The van der Waals surface area contributed by atoms with E-state index in [0.29, 0.717) is 19.6 Å². The highest BCUT2D eigenvalue weighted by atomic mass is 16.5. The Morgan fingerprint density at radius 3 is 2.43 bits per heavy atom. The van der Waals surface area contributed by atoms with Crippen LogP contribution in [0.25, 0.3) is 0 Å². The fourth-order valence-electron chi connectivity index (χ4n) is 1.99. The van der Waals surface area contributed by atoms with Gasteiger partial charge in [0.2, 0.25) is 0 Å². The van der Waals surface area contributed by atoms with Crippen molar-refractivity contribution in [2.75, 3.05) is 25.1 Å². The van der Waals surface area contributed by atoms with Crippen molar-refractivity contribution < 1.29 is 9.47 Å². The van der Waals surface area contributed by atoms with Crippen LogP contribution in [-0.4, -0.2) is 19.8 Å². The second-order valence-corrected chi connectivity index (χ2v) is 5.70. The van der Waals surface area contributed by atoms with E-state index in [9.17, 15) is 0 Å². The first-order valence-corrected chi connectivity index (χ1v) is 7.53. The molecule has 0 unspecified atom stereocenters. The van der Waals surface area contributed by atoms with E-state index in [0.717, 1.165) is 30.2 Å². The van der Waals surface area contributed by atoms with E-state index in [4.69, 9.17) is 14.7 Å². The number of nitrogens with one attached hydrogen (secondary N) is 1. The van der Waals surface area contributed by atoms with Gasteiger partial charge in [0.25, 0.3) is 0 Å². The van der Waals surface area contributed by atoms with Crippen molar-refractivity contribution in [3.8, 4) is 17.6 Å². The lowest BCUT2D eigenvalue weighted by molar-refractivity contribution is 0.288. The summed E-state index contributed by atoms with van der Waals surface area (Å²) in [6, 6.07) is 8.10. The molecule has 0 aliphatic carbocycles. The van der Waals surface area contributed by atoms with Crippen LogP contribution in [0.4, 0.5) is 5.69 Å². The minimum Gasteiger partial charge on any atom is -0.490 e. The van der Waals surface area contributed by atoms with E-state index in [2.05, 4.69) is 25.2 Å². The summed E-state index contributed by atoms with van der Waals surface area (Å²) in [5, 5.41) is 12.1. The molecule has 1 N–H and O–H groups in total. The molecule has 1 rings (SSSR count). The molecule has 0 atom stereocenters. The van der Waals surface area contributed by atoms with Gasteiger partial charge in [0.05, 0.1) is 19.3 Å². The minimum atomic E-state index is 0.0834. The second-order valence-electron chi connectivity index (χ2n) is 5.70. The van der Waals surface area contributed by atoms with E-state index in [1.54, 1.807) is 0 Å². The van der Waals surface area contributed by atoms with E-state index >= 15 is 0 Å². The van der Waals surface area contributed by atoms with Crippen molar-refractivity contribution in [1.29, 1.82) is 5.26 Å². The molecule has 0 heterocycles. The van der Waals surface area contributed by atoms with Crippen LogP contribution >= 0.6 is 0 Å². The van der Waals surface area contributed by atoms with Crippen molar-refractivity contribution in [3.05, 3.63) is 18.2 Å². The highest BCUT2D eigenvalue weighted by molar-refractivity contribution is 5.54. The zero-order valence-electron chi connectivity index (χ0n) is 13.5. The van der Waals surface area contributed by atoms with Gasteiger partial charge in [-0.3, -0.25) is 0 Å². The number of benzene rings is 1. The van der Waals surface area contributed by atoms with Crippen molar-refractivity contribution in [2.45, 2.75) is 40.5 Å². The third-order valence-corrected chi connectivity index (χ3v) is 3.23. The van der Waals surface area contributed by atoms with Gasteiger partial charge in [0.1, 0.15) is 0 Å². The van der Waals surface area contributed by atoms with Gasteiger partial charge in [-0.05, 0) is 37.8 Å². The molecule has 0 fully saturated rings. The average molecular weight is 290 g/mol. The van der Waals surface area contributed by atoms with Crippen LogP contribution in [0.1, 0.15) is 40.5 Å². The van der Waals surface area contributed by atoms with Crippen LogP contribution in [0.15, 0.2) is 18.2 Å². The second kappa shape index (κ2) is 8.41. The number of hydrogen-bond donors (Lipinski definition) is 1. The maximum absolute atomic E-state index is 8.69. The fourth-order valence-corrected chi connectivity index (χ4v) is 1.99. The van der Waals surface area contributed by atoms with Crippen LogP contribution in [-0.2, 0) is 0 Å². The molecule has 1 aromatic carbocycles. The lowest BCUT2D eigenvalue weighted by atomic mass is 9.88. The standard InChI is InChI=1S/C17H26N2O2/c1-5-20-15-9-8-14(12-16(15)21-6-2)19-13-17(3,4)10-7-11-18/h8-9,12,19H,5-7,10,13H2,1-4H3. The Morgan fingerprint density at radius 2 is 1.81 bits per heavy atom. The lowest BCUT2D eigenvalue weighted by Crippen LogP contribution is -2.22. The van der Waals surface area contributed by atoms with E-state index in [1.807, 2.05) is 32.0 Å². The van der Waals surface area contributed by atoms with Crippen LogP contribution in [0.5, 0.6) is 11.5 Å². The first-order valence-electron chi connectivity index (χ1n) is 7.53. The quantitative estimate of drug-likeness (QED) is 0.739. The Kier molecular flexibility index (Phi) is 6.87. The van der Waals surface area contributed by atoms with Gasteiger partial charge >= 0.3 is 0 Å². The van der Waals surface area contributed by atoms with Crippen molar-refractivity contribution in [3.63, 3.8) is 0 Å². The molecule has 0 amide bonds. The molecule has 4 nitrogen and oxygen atoms in total. The summed E-state index contributed by atoms with van der Waals surface area (Å²) in [5.41, 5.74) is 1.09. The number of ether oxygens (including phenoxy) is 2. The zero-order valence-corrected chi connectivity index (χ0v) is 13.5. The van der Waals surface area contributed by atoms with Crippen molar-refractivity contribution >= 4 is 5.69 Å². The Hall–Kier alpha value is -1.89. The predicted molar refractivity (Wildman–Crippen MR) is 85.9 cm³/mol. The molecule has 4 heteroatoms. The topological polar surface area (TPSA) is 54.3 Å².